The Morgan fingerprint density at radius 1 is 1.24 bits per heavy atom. The summed E-state index contributed by atoms with van der Waals surface area (Å²) in [5, 5.41) is 9.34. The van der Waals surface area contributed by atoms with Crippen LogP contribution in [0.2, 0.25) is 0 Å². The number of piperazine rings is 1. The zero-order valence-electron chi connectivity index (χ0n) is 18.2. The van der Waals surface area contributed by atoms with Crippen molar-refractivity contribution in [2.75, 3.05) is 13.1 Å². The van der Waals surface area contributed by atoms with Crippen molar-refractivity contribution in [1.82, 2.24) is 14.7 Å². The molecule has 10 heteroatoms. The van der Waals surface area contributed by atoms with Gasteiger partial charge < -0.3 is 15.5 Å². The van der Waals surface area contributed by atoms with Gasteiger partial charge in [0, 0.05) is 25.2 Å². The molecule has 3 heterocycles. The maximum Gasteiger partial charge on any atom is 0.416 e. The van der Waals surface area contributed by atoms with Crippen LogP contribution < -0.4 is 5.73 Å². The SMILES string of the molecule is C[C@@H](c1ccc(C(F)(F)F)cc1)N1C(=O)[C@H]2CC1CN2C[C@H](N)C(=O)N1C2C[C@H]2C[C@H]1C#N. The average Bonchev–Trinajstić information content (AvgIpc) is 3.11. The van der Waals surface area contributed by atoms with Crippen molar-refractivity contribution < 1.29 is 22.8 Å². The summed E-state index contributed by atoms with van der Waals surface area (Å²) in [4.78, 5) is 31.4. The lowest BCUT2D eigenvalue weighted by Crippen LogP contribution is -2.57. The number of benzene rings is 1. The lowest BCUT2D eigenvalue weighted by atomic mass is 10.0. The molecule has 7 nitrogen and oxygen atoms in total. The first-order valence-corrected chi connectivity index (χ1v) is 11.3. The Morgan fingerprint density at radius 2 is 1.94 bits per heavy atom. The first kappa shape index (κ1) is 22.2. The van der Waals surface area contributed by atoms with E-state index in [0.717, 1.165) is 18.6 Å². The van der Waals surface area contributed by atoms with Gasteiger partial charge in [-0.25, -0.2) is 0 Å². The highest BCUT2D eigenvalue weighted by molar-refractivity contribution is 5.87. The second kappa shape index (κ2) is 7.71. The molecule has 1 saturated carbocycles. The summed E-state index contributed by atoms with van der Waals surface area (Å²) in [6, 6.07) is 5.23. The number of carbonyl (C=O) groups excluding carboxylic acids is 2. The number of nitrogens with two attached hydrogens (primary N) is 1. The summed E-state index contributed by atoms with van der Waals surface area (Å²) >= 11 is 0. The molecule has 1 aliphatic carbocycles. The van der Waals surface area contributed by atoms with E-state index < -0.39 is 23.8 Å². The first-order chi connectivity index (χ1) is 15.6. The van der Waals surface area contributed by atoms with Gasteiger partial charge >= 0.3 is 6.18 Å². The molecule has 4 aliphatic rings. The Bertz CT molecular complexity index is 1010. The molecule has 0 radical (unpaired) electrons. The van der Waals surface area contributed by atoms with Gasteiger partial charge in [-0.3, -0.25) is 14.5 Å². The maximum atomic E-state index is 13.1. The molecule has 176 valence electrons. The largest absolute Gasteiger partial charge is 0.416 e. The van der Waals surface area contributed by atoms with E-state index >= 15 is 0 Å². The van der Waals surface area contributed by atoms with Crippen LogP contribution in [0.15, 0.2) is 24.3 Å². The predicted octanol–water partition coefficient (Wildman–Crippen LogP) is 1.89. The monoisotopic (exact) mass is 461 g/mol. The minimum atomic E-state index is -4.40. The van der Waals surface area contributed by atoms with E-state index in [9.17, 15) is 28.0 Å². The number of carbonyl (C=O) groups is 2. The van der Waals surface area contributed by atoms with Gasteiger partial charge in [0.05, 0.1) is 29.8 Å². The van der Waals surface area contributed by atoms with Crippen LogP contribution in [0.3, 0.4) is 0 Å². The van der Waals surface area contributed by atoms with Crippen molar-refractivity contribution in [3.8, 4) is 6.07 Å². The highest BCUT2D eigenvalue weighted by atomic mass is 19.4. The third kappa shape index (κ3) is 3.67. The van der Waals surface area contributed by atoms with Crippen LogP contribution in [-0.4, -0.2) is 69.8 Å². The van der Waals surface area contributed by atoms with Gasteiger partial charge in [-0.05, 0) is 49.8 Å². The quantitative estimate of drug-likeness (QED) is 0.723. The number of piperidine rings is 1. The van der Waals surface area contributed by atoms with E-state index in [4.69, 9.17) is 5.73 Å². The van der Waals surface area contributed by atoms with Crippen LogP contribution in [0.1, 0.15) is 43.4 Å². The van der Waals surface area contributed by atoms with E-state index in [1.807, 2.05) is 11.8 Å². The van der Waals surface area contributed by atoms with Crippen molar-refractivity contribution in [1.29, 1.82) is 5.26 Å². The molecule has 4 fully saturated rings. The standard InChI is InChI=1S/C23H26F3N5O2/c1-12(13-2-4-15(5-3-13)23(24,25)26)30-17-8-20(22(30)33)29(10-17)11-18(28)21(32)31-16(9-27)6-14-7-19(14)31/h2-5,12,14,16-20H,6-8,10-11,28H2,1H3/t12-,14+,16-,17?,18-,19?,20+/m0/s1. The number of nitrogens with zero attached hydrogens (tertiary/aromatic N) is 4. The summed E-state index contributed by atoms with van der Waals surface area (Å²) in [7, 11) is 0. The molecular weight excluding hydrogens is 435 g/mol. The summed E-state index contributed by atoms with van der Waals surface area (Å²) < 4.78 is 38.6. The Morgan fingerprint density at radius 3 is 2.55 bits per heavy atom. The molecule has 33 heavy (non-hydrogen) atoms. The van der Waals surface area contributed by atoms with E-state index in [2.05, 4.69) is 6.07 Å². The highest BCUT2D eigenvalue weighted by Gasteiger charge is 2.56. The third-order valence-corrected chi connectivity index (χ3v) is 7.71. The smallest absolute Gasteiger partial charge is 0.330 e. The summed E-state index contributed by atoms with van der Waals surface area (Å²) in [5.41, 5.74) is 6.16. The number of hydrogen-bond donors (Lipinski definition) is 1. The minimum Gasteiger partial charge on any atom is -0.330 e. The topological polar surface area (TPSA) is 93.7 Å². The second-order valence-electron chi connectivity index (χ2n) is 9.70. The van der Waals surface area contributed by atoms with E-state index in [-0.39, 0.29) is 42.5 Å². The van der Waals surface area contributed by atoms with Crippen LogP contribution in [-0.2, 0) is 15.8 Å². The van der Waals surface area contributed by atoms with Gasteiger partial charge in [0.15, 0.2) is 0 Å². The number of rotatable bonds is 5. The zero-order valence-corrected chi connectivity index (χ0v) is 18.2. The molecule has 0 aromatic heterocycles. The number of fused-ring (bicyclic) bond motifs is 3. The Kier molecular flexibility index (Phi) is 5.18. The molecule has 2 unspecified atom stereocenters. The van der Waals surface area contributed by atoms with Crippen molar-refractivity contribution in [2.24, 2.45) is 11.7 Å². The van der Waals surface area contributed by atoms with E-state index in [1.54, 1.807) is 9.80 Å². The fourth-order valence-corrected chi connectivity index (χ4v) is 5.92. The van der Waals surface area contributed by atoms with Gasteiger partial charge in [0.1, 0.15) is 6.04 Å². The van der Waals surface area contributed by atoms with Gasteiger partial charge in [-0.1, -0.05) is 12.1 Å². The van der Waals surface area contributed by atoms with Crippen LogP contribution in [0, 0.1) is 17.2 Å². The first-order valence-electron chi connectivity index (χ1n) is 11.3. The van der Waals surface area contributed by atoms with Gasteiger partial charge in [0.25, 0.3) is 0 Å². The molecule has 5 rings (SSSR count). The zero-order chi connectivity index (χ0) is 23.7. The Hall–Kier alpha value is -2.64. The molecular formula is C23H26F3N5O2. The number of halogens is 3. The molecule has 3 saturated heterocycles. The van der Waals surface area contributed by atoms with Crippen molar-refractivity contribution >= 4 is 11.8 Å². The summed E-state index contributed by atoms with van der Waals surface area (Å²) in [5.74, 6) is 0.101. The predicted molar refractivity (Wildman–Crippen MR) is 111 cm³/mol. The average molecular weight is 461 g/mol. The molecule has 1 aromatic rings. The highest BCUT2D eigenvalue weighted by Crippen LogP contribution is 2.48. The van der Waals surface area contributed by atoms with Crippen molar-refractivity contribution in [3.63, 3.8) is 0 Å². The van der Waals surface area contributed by atoms with Crippen LogP contribution in [0.4, 0.5) is 13.2 Å². The van der Waals surface area contributed by atoms with E-state index in [1.165, 1.54) is 12.1 Å². The normalized spacial score (nSPS) is 32.6. The third-order valence-electron chi connectivity index (χ3n) is 7.71. The second-order valence-corrected chi connectivity index (χ2v) is 9.70. The number of amides is 2. The summed E-state index contributed by atoms with van der Waals surface area (Å²) in [6.07, 6.45) is -2.15. The van der Waals surface area contributed by atoms with Crippen LogP contribution >= 0.6 is 0 Å². The lowest BCUT2D eigenvalue weighted by molar-refractivity contribution is -0.141. The number of likely N-dealkylation sites (tertiary alicyclic amines) is 3. The number of alkyl halides is 3. The number of hydrogen-bond acceptors (Lipinski definition) is 5. The fraction of sp³-hybridized carbons (Fsp3) is 0.609. The van der Waals surface area contributed by atoms with Crippen LogP contribution in [0.25, 0.3) is 0 Å². The molecule has 7 atom stereocenters. The molecule has 2 N–H and O–H groups in total. The van der Waals surface area contributed by atoms with E-state index in [0.29, 0.717) is 30.9 Å². The van der Waals surface area contributed by atoms with Crippen molar-refractivity contribution in [2.45, 2.75) is 68.6 Å². The molecule has 1 aromatic carbocycles. The molecule has 3 aliphatic heterocycles. The fourth-order valence-electron chi connectivity index (χ4n) is 5.92. The summed E-state index contributed by atoms with van der Waals surface area (Å²) in [6.45, 7) is 2.64. The van der Waals surface area contributed by atoms with Crippen LogP contribution in [0.5, 0.6) is 0 Å². The molecule has 0 spiro atoms. The van der Waals surface area contributed by atoms with Gasteiger partial charge in [0.2, 0.25) is 11.8 Å². The van der Waals surface area contributed by atoms with Crippen molar-refractivity contribution in [3.05, 3.63) is 35.4 Å². The molecule has 2 amide bonds. The Balaban J connectivity index is 1.22. The number of nitriles is 1. The van der Waals surface area contributed by atoms with Gasteiger partial charge in [-0.2, -0.15) is 18.4 Å². The van der Waals surface area contributed by atoms with Gasteiger partial charge in [-0.15, -0.1) is 0 Å². The maximum absolute atomic E-state index is 13.1. The minimum absolute atomic E-state index is 0.0754. The lowest BCUT2D eigenvalue weighted by Gasteiger charge is -2.38. The Labute approximate surface area is 189 Å². The molecule has 2 bridgehead atoms.